The van der Waals surface area contributed by atoms with Gasteiger partial charge in [0.15, 0.2) is 11.5 Å². The number of esters is 2. The predicted octanol–water partition coefficient (Wildman–Crippen LogP) is 2.33. The van der Waals surface area contributed by atoms with Crippen LogP contribution in [0.25, 0.3) is 0 Å². The molecule has 0 atom stereocenters. The lowest BCUT2D eigenvalue weighted by Crippen LogP contribution is -2.30. The van der Waals surface area contributed by atoms with Crippen molar-refractivity contribution in [3.63, 3.8) is 0 Å². The van der Waals surface area contributed by atoms with Crippen molar-refractivity contribution < 1.29 is 19.1 Å². The maximum Gasteiger partial charge on any atom is 0.314 e. The van der Waals surface area contributed by atoms with E-state index in [1.54, 1.807) is 36.4 Å². The molecular weight excluding hydrogens is 360 g/mol. The second-order valence-corrected chi connectivity index (χ2v) is 6.99. The Bertz CT molecular complexity index is 818. The quantitative estimate of drug-likeness (QED) is 0.355. The van der Waals surface area contributed by atoms with Crippen LogP contribution >= 0.6 is 0 Å². The third kappa shape index (κ3) is 4.46. The van der Waals surface area contributed by atoms with Gasteiger partial charge in [-0.1, -0.05) is 0 Å². The monoisotopic (exact) mass is 384 g/mol. The Hall–Kier alpha value is -3.42. The van der Waals surface area contributed by atoms with Crippen LogP contribution in [0, 0.1) is 11.8 Å². The third-order valence-electron chi connectivity index (χ3n) is 4.88. The molecule has 0 heterocycles. The third-order valence-corrected chi connectivity index (χ3v) is 4.88. The van der Waals surface area contributed by atoms with Gasteiger partial charge < -0.3 is 32.4 Å². The van der Waals surface area contributed by atoms with Gasteiger partial charge in [-0.2, -0.15) is 0 Å². The molecular formula is C20H24N4O4. The maximum absolute atomic E-state index is 12.4. The molecule has 28 heavy (non-hydrogen) atoms. The Labute approximate surface area is 162 Å². The molecule has 2 aromatic carbocycles. The Balaban J connectivity index is 1.53. The fourth-order valence-electron chi connectivity index (χ4n) is 3.27. The first kappa shape index (κ1) is 19.3. The summed E-state index contributed by atoms with van der Waals surface area (Å²) >= 11 is 0. The maximum atomic E-state index is 12.4. The van der Waals surface area contributed by atoms with Crippen LogP contribution < -0.4 is 32.4 Å². The lowest BCUT2D eigenvalue weighted by atomic mass is 9.82. The summed E-state index contributed by atoms with van der Waals surface area (Å²) < 4.78 is 10.8. The summed E-state index contributed by atoms with van der Waals surface area (Å²) in [7, 11) is 0. The fourth-order valence-corrected chi connectivity index (χ4v) is 3.27. The summed E-state index contributed by atoms with van der Waals surface area (Å²) in [6.45, 7) is 0. The van der Waals surface area contributed by atoms with Gasteiger partial charge in [0.05, 0.1) is 23.2 Å². The van der Waals surface area contributed by atoms with Crippen molar-refractivity contribution in [2.45, 2.75) is 25.7 Å². The predicted molar refractivity (Wildman–Crippen MR) is 107 cm³/mol. The van der Waals surface area contributed by atoms with Crippen molar-refractivity contribution in [1.29, 1.82) is 0 Å². The molecule has 8 nitrogen and oxygen atoms in total. The number of carbonyl (C=O) groups is 2. The standard InChI is InChI=1S/C20H24N4O4/c21-13-5-7-17(15(23)9-13)27-19(25)11-1-2-12(4-3-11)20(26)28-18-8-6-14(22)10-16(18)24/h5-12H,1-4,21-24H2. The summed E-state index contributed by atoms with van der Waals surface area (Å²) in [6, 6.07) is 9.46. The number of hydrogen-bond donors (Lipinski definition) is 4. The van der Waals surface area contributed by atoms with E-state index in [2.05, 4.69) is 0 Å². The second kappa shape index (κ2) is 8.08. The summed E-state index contributed by atoms with van der Waals surface area (Å²) in [4.78, 5) is 24.8. The zero-order valence-corrected chi connectivity index (χ0v) is 15.4. The highest BCUT2D eigenvalue weighted by Gasteiger charge is 2.32. The molecule has 148 valence electrons. The van der Waals surface area contributed by atoms with E-state index in [0.29, 0.717) is 59.9 Å². The summed E-state index contributed by atoms with van der Waals surface area (Å²) in [5, 5.41) is 0. The van der Waals surface area contributed by atoms with E-state index in [4.69, 9.17) is 32.4 Å². The van der Waals surface area contributed by atoms with Gasteiger partial charge in [0.2, 0.25) is 0 Å². The number of ether oxygens (including phenoxy) is 2. The minimum absolute atomic E-state index is 0.289. The van der Waals surface area contributed by atoms with E-state index in [0.717, 1.165) is 0 Å². The molecule has 1 fully saturated rings. The van der Waals surface area contributed by atoms with Crippen molar-refractivity contribution in [3.05, 3.63) is 36.4 Å². The molecule has 1 aliphatic carbocycles. The molecule has 0 radical (unpaired) electrons. The highest BCUT2D eigenvalue weighted by molar-refractivity contribution is 5.80. The molecule has 2 aromatic rings. The zero-order chi connectivity index (χ0) is 20.3. The van der Waals surface area contributed by atoms with E-state index < -0.39 is 0 Å². The number of rotatable bonds is 4. The number of benzene rings is 2. The molecule has 1 saturated carbocycles. The van der Waals surface area contributed by atoms with Crippen LogP contribution in [-0.2, 0) is 9.59 Å². The van der Waals surface area contributed by atoms with Gasteiger partial charge in [-0.05, 0) is 62.1 Å². The first-order valence-electron chi connectivity index (χ1n) is 9.07. The van der Waals surface area contributed by atoms with Gasteiger partial charge in [0.1, 0.15) is 0 Å². The summed E-state index contributed by atoms with van der Waals surface area (Å²) in [6.07, 6.45) is 2.13. The Morgan fingerprint density at radius 2 is 1.04 bits per heavy atom. The second-order valence-electron chi connectivity index (χ2n) is 6.99. The van der Waals surface area contributed by atoms with Crippen LogP contribution in [-0.4, -0.2) is 11.9 Å². The molecule has 8 heteroatoms. The van der Waals surface area contributed by atoms with Gasteiger partial charge in [0, 0.05) is 11.4 Å². The molecule has 0 bridgehead atoms. The number of nitrogen functional groups attached to an aromatic ring is 4. The van der Waals surface area contributed by atoms with Gasteiger partial charge in [-0.3, -0.25) is 9.59 Å². The topological polar surface area (TPSA) is 157 Å². The number of nitrogens with two attached hydrogens (primary N) is 4. The normalized spacial score (nSPS) is 19.0. The number of carbonyl (C=O) groups excluding carboxylic acids is 2. The SMILES string of the molecule is Nc1ccc(OC(=O)C2CCC(C(=O)Oc3ccc(N)cc3N)CC2)c(N)c1. The summed E-state index contributed by atoms with van der Waals surface area (Å²) in [5.41, 5.74) is 24.5. The summed E-state index contributed by atoms with van der Waals surface area (Å²) in [5.74, 6) is -0.707. The number of anilines is 4. The average Bonchev–Trinajstić information content (AvgIpc) is 2.66. The van der Waals surface area contributed by atoms with Crippen LogP contribution in [0.4, 0.5) is 22.7 Å². The van der Waals surface area contributed by atoms with E-state index >= 15 is 0 Å². The molecule has 3 rings (SSSR count). The van der Waals surface area contributed by atoms with E-state index in [-0.39, 0.29) is 23.8 Å². The van der Waals surface area contributed by atoms with Crippen molar-refractivity contribution in [3.8, 4) is 11.5 Å². The highest BCUT2D eigenvalue weighted by Crippen LogP contribution is 2.33. The first-order chi connectivity index (χ1) is 13.3. The van der Waals surface area contributed by atoms with Gasteiger partial charge in [0.25, 0.3) is 0 Å². The molecule has 0 aromatic heterocycles. The molecule has 0 spiro atoms. The van der Waals surface area contributed by atoms with E-state index in [9.17, 15) is 9.59 Å². The van der Waals surface area contributed by atoms with Crippen LogP contribution in [0.2, 0.25) is 0 Å². The van der Waals surface area contributed by atoms with Gasteiger partial charge in [-0.25, -0.2) is 0 Å². The molecule has 0 saturated heterocycles. The number of hydrogen-bond acceptors (Lipinski definition) is 8. The molecule has 8 N–H and O–H groups in total. The minimum Gasteiger partial charge on any atom is -0.424 e. The Morgan fingerprint density at radius 1 is 0.679 bits per heavy atom. The largest absolute Gasteiger partial charge is 0.424 e. The lowest BCUT2D eigenvalue weighted by molar-refractivity contribution is -0.145. The van der Waals surface area contributed by atoms with Crippen molar-refractivity contribution in [2.24, 2.45) is 11.8 Å². The average molecular weight is 384 g/mol. The van der Waals surface area contributed by atoms with E-state index in [1.165, 1.54) is 0 Å². The van der Waals surface area contributed by atoms with E-state index in [1.807, 2.05) is 0 Å². The molecule has 0 aliphatic heterocycles. The first-order valence-corrected chi connectivity index (χ1v) is 9.07. The fraction of sp³-hybridized carbons (Fsp3) is 0.300. The highest BCUT2D eigenvalue weighted by atomic mass is 16.5. The van der Waals surface area contributed by atoms with Crippen molar-refractivity contribution in [1.82, 2.24) is 0 Å². The minimum atomic E-state index is -0.355. The van der Waals surface area contributed by atoms with Crippen LogP contribution in [0.5, 0.6) is 11.5 Å². The van der Waals surface area contributed by atoms with Crippen molar-refractivity contribution >= 4 is 34.7 Å². The zero-order valence-electron chi connectivity index (χ0n) is 15.4. The molecule has 0 unspecified atom stereocenters. The van der Waals surface area contributed by atoms with Crippen LogP contribution in [0.15, 0.2) is 36.4 Å². The van der Waals surface area contributed by atoms with Crippen molar-refractivity contribution in [2.75, 3.05) is 22.9 Å². The van der Waals surface area contributed by atoms with Crippen LogP contribution in [0.1, 0.15) is 25.7 Å². The van der Waals surface area contributed by atoms with Crippen LogP contribution in [0.3, 0.4) is 0 Å². The lowest BCUT2D eigenvalue weighted by Gasteiger charge is -2.26. The molecule has 1 aliphatic rings. The Morgan fingerprint density at radius 3 is 1.36 bits per heavy atom. The Kier molecular flexibility index (Phi) is 5.58. The molecule has 0 amide bonds. The van der Waals surface area contributed by atoms with Gasteiger partial charge >= 0.3 is 11.9 Å². The van der Waals surface area contributed by atoms with Gasteiger partial charge in [-0.15, -0.1) is 0 Å². The smallest absolute Gasteiger partial charge is 0.314 e.